The summed E-state index contributed by atoms with van der Waals surface area (Å²) >= 11 is 0. The molecule has 0 aromatic heterocycles. The van der Waals surface area contributed by atoms with Crippen molar-refractivity contribution in [3.05, 3.63) is 71.8 Å². The van der Waals surface area contributed by atoms with Crippen LogP contribution in [0.3, 0.4) is 0 Å². The molecule has 6 heteroatoms. The molecular weight excluding hydrogens is 344 g/mol. The number of oxime groups is 1. The number of carbonyl (C=O) groups is 1. The zero-order valence-corrected chi connectivity index (χ0v) is 15.1. The molecule has 0 amide bonds. The average Bonchev–Trinajstić information content (AvgIpc) is 2.71. The van der Waals surface area contributed by atoms with Gasteiger partial charge in [-0.2, -0.15) is 0 Å². The number of benzene rings is 3. The Morgan fingerprint density at radius 1 is 0.963 bits per heavy atom. The van der Waals surface area contributed by atoms with Crippen molar-refractivity contribution in [1.29, 1.82) is 0 Å². The van der Waals surface area contributed by atoms with Gasteiger partial charge in [0.25, 0.3) is 0 Å². The van der Waals surface area contributed by atoms with Crippen LogP contribution in [0.15, 0.2) is 65.8 Å². The summed E-state index contributed by atoms with van der Waals surface area (Å²) in [5, 5.41) is 5.98. The predicted octanol–water partition coefficient (Wildman–Crippen LogP) is 3.53. The molecule has 0 aliphatic heterocycles. The Kier molecular flexibility index (Phi) is 5.56. The number of amidine groups is 1. The van der Waals surface area contributed by atoms with Gasteiger partial charge in [-0.3, -0.25) is 0 Å². The van der Waals surface area contributed by atoms with Crippen LogP contribution in [0.4, 0.5) is 0 Å². The fourth-order valence-corrected chi connectivity index (χ4v) is 2.79. The third-order valence-electron chi connectivity index (χ3n) is 4.12. The number of ether oxygens (including phenoxy) is 2. The molecule has 0 aliphatic carbocycles. The van der Waals surface area contributed by atoms with Gasteiger partial charge in [0.05, 0.1) is 19.8 Å². The van der Waals surface area contributed by atoms with Gasteiger partial charge in [-0.25, -0.2) is 4.79 Å². The number of hydrogen-bond acceptors (Lipinski definition) is 5. The summed E-state index contributed by atoms with van der Waals surface area (Å²) in [5.74, 6) is 0.532. The van der Waals surface area contributed by atoms with Gasteiger partial charge in [0.15, 0.2) is 11.5 Å². The zero-order valence-electron chi connectivity index (χ0n) is 15.1. The molecule has 0 spiro atoms. The van der Waals surface area contributed by atoms with Crippen LogP contribution >= 0.6 is 0 Å². The molecule has 0 aliphatic rings. The molecule has 0 bridgehead atoms. The van der Waals surface area contributed by atoms with E-state index in [0.717, 1.165) is 16.3 Å². The molecule has 3 aromatic carbocycles. The molecule has 0 heterocycles. The van der Waals surface area contributed by atoms with Crippen LogP contribution in [0, 0.1) is 0 Å². The van der Waals surface area contributed by atoms with E-state index in [1.54, 1.807) is 12.1 Å². The van der Waals surface area contributed by atoms with Crippen molar-refractivity contribution in [2.45, 2.75) is 6.42 Å². The molecule has 0 atom stereocenters. The van der Waals surface area contributed by atoms with Crippen molar-refractivity contribution in [3.63, 3.8) is 0 Å². The highest BCUT2D eigenvalue weighted by Crippen LogP contribution is 2.27. The second kappa shape index (κ2) is 8.23. The lowest BCUT2D eigenvalue weighted by Gasteiger charge is -2.08. The zero-order chi connectivity index (χ0) is 19.2. The number of nitrogens with zero attached hydrogens (tertiary/aromatic N) is 1. The van der Waals surface area contributed by atoms with Crippen molar-refractivity contribution >= 4 is 22.6 Å². The SMILES string of the molecule is COc1ccc(C(=O)ON=C(N)Cc2cccc3ccccc23)cc1OC. The number of rotatable bonds is 6. The van der Waals surface area contributed by atoms with E-state index in [4.69, 9.17) is 20.0 Å². The number of nitrogens with two attached hydrogens (primary N) is 1. The lowest BCUT2D eigenvalue weighted by molar-refractivity contribution is 0.0514. The van der Waals surface area contributed by atoms with Crippen molar-refractivity contribution in [2.75, 3.05) is 14.2 Å². The monoisotopic (exact) mass is 364 g/mol. The van der Waals surface area contributed by atoms with Crippen LogP contribution in [0.2, 0.25) is 0 Å². The fraction of sp³-hybridized carbons (Fsp3) is 0.143. The third-order valence-corrected chi connectivity index (χ3v) is 4.12. The molecular formula is C21H20N2O4. The van der Waals surface area contributed by atoms with Crippen molar-refractivity contribution in [1.82, 2.24) is 0 Å². The second-order valence-electron chi connectivity index (χ2n) is 5.85. The van der Waals surface area contributed by atoms with Gasteiger partial charge in [-0.1, -0.05) is 47.6 Å². The van der Waals surface area contributed by atoms with Crippen LogP contribution in [-0.4, -0.2) is 26.0 Å². The molecule has 0 saturated heterocycles. The highest BCUT2D eigenvalue weighted by atomic mass is 16.7. The highest BCUT2D eigenvalue weighted by molar-refractivity contribution is 5.93. The first-order valence-electron chi connectivity index (χ1n) is 8.34. The molecule has 0 fully saturated rings. The standard InChI is InChI=1S/C21H20N2O4/c1-25-18-11-10-16(12-19(18)26-2)21(24)27-23-20(22)13-15-8-5-7-14-6-3-4-9-17(14)15/h3-12H,13H2,1-2H3,(H2,22,23). The normalized spacial score (nSPS) is 11.3. The number of methoxy groups -OCH3 is 2. The van der Waals surface area contributed by atoms with Crippen LogP contribution in [0.5, 0.6) is 11.5 Å². The summed E-state index contributed by atoms with van der Waals surface area (Å²) in [6, 6.07) is 18.7. The van der Waals surface area contributed by atoms with Crippen LogP contribution in [0.25, 0.3) is 10.8 Å². The van der Waals surface area contributed by atoms with E-state index in [1.165, 1.54) is 20.3 Å². The Labute approximate surface area is 157 Å². The molecule has 6 nitrogen and oxygen atoms in total. The van der Waals surface area contributed by atoms with E-state index in [1.807, 2.05) is 42.5 Å². The molecule has 2 N–H and O–H groups in total. The van der Waals surface area contributed by atoms with Crippen molar-refractivity contribution < 1.29 is 19.1 Å². The Morgan fingerprint density at radius 2 is 1.70 bits per heavy atom. The minimum absolute atomic E-state index is 0.208. The topological polar surface area (TPSA) is 83.1 Å². The average molecular weight is 364 g/mol. The number of fused-ring (bicyclic) bond motifs is 1. The summed E-state index contributed by atoms with van der Waals surface area (Å²) in [6.45, 7) is 0. The maximum Gasteiger partial charge on any atom is 0.365 e. The fourth-order valence-electron chi connectivity index (χ4n) is 2.79. The predicted molar refractivity (Wildman–Crippen MR) is 104 cm³/mol. The smallest absolute Gasteiger partial charge is 0.365 e. The molecule has 3 aromatic rings. The summed E-state index contributed by atoms with van der Waals surface area (Å²) in [4.78, 5) is 17.2. The lowest BCUT2D eigenvalue weighted by atomic mass is 10.0. The summed E-state index contributed by atoms with van der Waals surface area (Å²) in [7, 11) is 3.02. The molecule has 138 valence electrons. The Balaban J connectivity index is 1.72. The molecule has 0 saturated carbocycles. The Morgan fingerprint density at radius 3 is 2.48 bits per heavy atom. The number of hydrogen-bond donors (Lipinski definition) is 1. The molecule has 3 rings (SSSR count). The summed E-state index contributed by atoms with van der Waals surface area (Å²) in [6.07, 6.45) is 0.376. The van der Waals surface area contributed by atoms with E-state index in [9.17, 15) is 4.79 Å². The first kappa shape index (κ1) is 18.3. The molecule has 27 heavy (non-hydrogen) atoms. The third kappa shape index (κ3) is 4.17. The minimum Gasteiger partial charge on any atom is -0.493 e. The largest absolute Gasteiger partial charge is 0.493 e. The summed E-state index contributed by atoms with van der Waals surface area (Å²) in [5.41, 5.74) is 7.25. The van der Waals surface area contributed by atoms with E-state index < -0.39 is 5.97 Å². The molecule has 0 radical (unpaired) electrons. The van der Waals surface area contributed by atoms with Gasteiger partial charge in [0.1, 0.15) is 5.84 Å². The van der Waals surface area contributed by atoms with E-state index in [-0.39, 0.29) is 11.4 Å². The van der Waals surface area contributed by atoms with Crippen molar-refractivity contribution in [2.24, 2.45) is 10.9 Å². The highest BCUT2D eigenvalue weighted by Gasteiger charge is 2.12. The Bertz CT molecular complexity index is 993. The quantitative estimate of drug-likeness (QED) is 0.313. The first-order valence-corrected chi connectivity index (χ1v) is 8.34. The van der Waals surface area contributed by atoms with Gasteiger partial charge >= 0.3 is 5.97 Å². The van der Waals surface area contributed by atoms with Crippen LogP contribution in [0.1, 0.15) is 15.9 Å². The van der Waals surface area contributed by atoms with Gasteiger partial charge in [0.2, 0.25) is 0 Å². The Hall–Kier alpha value is -3.54. The van der Waals surface area contributed by atoms with Gasteiger partial charge in [-0.15, -0.1) is 0 Å². The molecule has 0 unspecified atom stereocenters. The minimum atomic E-state index is -0.628. The van der Waals surface area contributed by atoms with E-state index in [0.29, 0.717) is 17.9 Å². The van der Waals surface area contributed by atoms with Crippen LogP contribution in [-0.2, 0) is 11.3 Å². The number of carbonyl (C=O) groups excluding carboxylic acids is 1. The maximum absolute atomic E-state index is 12.2. The summed E-state index contributed by atoms with van der Waals surface area (Å²) < 4.78 is 10.3. The first-order chi connectivity index (χ1) is 13.1. The van der Waals surface area contributed by atoms with E-state index in [2.05, 4.69) is 5.16 Å². The van der Waals surface area contributed by atoms with E-state index >= 15 is 0 Å². The van der Waals surface area contributed by atoms with Gasteiger partial charge in [0, 0.05) is 6.42 Å². The lowest BCUT2D eigenvalue weighted by Crippen LogP contribution is -2.17. The second-order valence-corrected chi connectivity index (χ2v) is 5.85. The maximum atomic E-state index is 12.2. The van der Waals surface area contributed by atoms with Crippen LogP contribution < -0.4 is 15.2 Å². The van der Waals surface area contributed by atoms with Gasteiger partial charge < -0.3 is 20.0 Å². The van der Waals surface area contributed by atoms with Gasteiger partial charge in [-0.05, 0) is 34.5 Å². The van der Waals surface area contributed by atoms with Crippen molar-refractivity contribution in [3.8, 4) is 11.5 Å².